The van der Waals surface area contributed by atoms with Crippen LogP contribution in [0, 0.1) is 5.92 Å². The second-order valence-electron chi connectivity index (χ2n) is 5.01. The second-order valence-corrected chi connectivity index (χ2v) is 5.01. The van der Waals surface area contributed by atoms with Gasteiger partial charge in [0.2, 0.25) is 0 Å². The van der Waals surface area contributed by atoms with Crippen LogP contribution in [0.25, 0.3) is 0 Å². The van der Waals surface area contributed by atoms with Crippen molar-refractivity contribution in [2.45, 2.75) is 45.2 Å². The van der Waals surface area contributed by atoms with Crippen LogP contribution in [0.2, 0.25) is 0 Å². The fourth-order valence-electron chi connectivity index (χ4n) is 2.58. The van der Waals surface area contributed by atoms with E-state index in [0.29, 0.717) is 18.2 Å². The Morgan fingerprint density at radius 1 is 1.56 bits per heavy atom. The van der Waals surface area contributed by atoms with Crippen molar-refractivity contribution in [1.82, 2.24) is 5.32 Å². The van der Waals surface area contributed by atoms with Gasteiger partial charge in [0, 0.05) is 6.04 Å². The van der Waals surface area contributed by atoms with E-state index < -0.39 is 0 Å². The molecule has 1 aromatic heterocycles. The first-order chi connectivity index (χ1) is 8.70. The lowest BCUT2D eigenvalue weighted by Crippen LogP contribution is -2.31. The molecule has 0 radical (unpaired) electrons. The minimum atomic E-state index is -0.353. The van der Waals surface area contributed by atoms with Crippen molar-refractivity contribution in [3.05, 3.63) is 23.7 Å². The van der Waals surface area contributed by atoms with E-state index in [9.17, 15) is 4.79 Å². The minimum Gasteiger partial charge on any atom is -0.467 e. The highest BCUT2D eigenvalue weighted by molar-refractivity contribution is 5.88. The summed E-state index contributed by atoms with van der Waals surface area (Å²) in [4.78, 5) is 11.3. The summed E-state index contributed by atoms with van der Waals surface area (Å²) < 4.78 is 9.97. The number of methoxy groups -OCH3 is 1. The molecule has 100 valence electrons. The molecule has 1 N–H and O–H groups in total. The van der Waals surface area contributed by atoms with Gasteiger partial charge in [0.15, 0.2) is 0 Å². The summed E-state index contributed by atoms with van der Waals surface area (Å²) in [6, 6.07) is 2.24. The zero-order chi connectivity index (χ0) is 13.0. The van der Waals surface area contributed by atoms with E-state index in [1.165, 1.54) is 39.1 Å². The normalized spacial score (nSPS) is 17.9. The summed E-state index contributed by atoms with van der Waals surface area (Å²) in [6.45, 7) is 2.88. The van der Waals surface area contributed by atoms with Crippen LogP contribution in [0.5, 0.6) is 0 Å². The number of carbonyl (C=O) groups excluding carboxylic acids is 1. The maximum absolute atomic E-state index is 11.3. The molecule has 1 aliphatic rings. The monoisotopic (exact) mass is 251 g/mol. The van der Waals surface area contributed by atoms with Crippen LogP contribution in [0.15, 0.2) is 16.7 Å². The number of rotatable bonds is 5. The van der Waals surface area contributed by atoms with Crippen LogP contribution in [0.4, 0.5) is 0 Å². The summed E-state index contributed by atoms with van der Waals surface area (Å²) in [7, 11) is 1.37. The van der Waals surface area contributed by atoms with Gasteiger partial charge in [-0.2, -0.15) is 0 Å². The first kappa shape index (κ1) is 13.1. The second kappa shape index (κ2) is 6.05. The van der Waals surface area contributed by atoms with Crippen LogP contribution in [0.3, 0.4) is 0 Å². The minimum absolute atomic E-state index is 0.353. The lowest BCUT2D eigenvalue weighted by molar-refractivity contribution is 0.0600. The third-order valence-corrected chi connectivity index (χ3v) is 3.78. The van der Waals surface area contributed by atoms with Crippen molar-refractivity contribution >= 4 is 5.97 Å². The zero-order valence-electron chi connectivity index (χ0n) is 11.1. The molecule has 2 rings (SSSR count). The van der Waals surface area contributed by atoms with Gasteiger partial charge in [-0.1, -0.05) is 12.8 Å². The van der Waals surface area contributed by atoms with Gasteiger partial charge in [-0.3, -0.25) is 0 Å². The van der Waals surface area contributed by atoms with Gasteiger partial charge in [0.25, 0.3) is 0 Å². The van der Waals surface area contributed by atoms with E-state index in [1.54, 1.807) is 6.07 Å². The largest absolute Gasteiger partial charge is 0.467 e. The third-order valence-electron chi connectivity index (χ3n) is 3.78. The molecule has 4 nitrogen and oxygen atoms in total. The maximum atomic E-state index is 11.3. The Morgan fingerprint density at radius 2 is 2.28 bits per heavy atom. The summed E-state index contributed by atoms with van der Waals surface area (Å²) in [5.74, 6) is 1.20. The van der Waals surface area contributed by atoms with E-state index in [2.05, 4.69) is 17.0 Å². The molecule has 0 aromatic carbocycles. The van der Waals surface area contributed by atoms with Crippen LogP contribution < -0.4 is 5.32 Å². The summed E-state index contributed by atoms with van der Waals surface area (Å²) >= 11 is 0. The number of carbonyl (C=O) groups is 1. The van der Waals surface area contributed by atoms with Crippen LogP contribution >= 0.6 is 0 Å². The third kappa shape index (κ3) is 3.13. The van der Waals surface area contributed by atoms with Crippen molar-refractivity contribution in [2.24, 2.45) is 5.92 Å². The predicted octanol–water partition coefficient (Wildman–Crippen LogP) is 2.73. The van der Waals surface area contributed by atoms with Gasteiger partial charge in [-0.15, -0.1) is 0 Å². The molecule has 1 atom stereocenters. The fourth-order valence-corrected chi connectivity index (χ4v) is 2.58. The van der Waals surface area contributed by atoms with Crippen LogP contribution in [-0.4, -0.2) is 19.1 Å². The highest BCUT2D eigenvalue weighted by Gasteiger charge is 2.21. The number of ether oxygens (including phenoxy) is 1. The van der Waals surface area contributed by atoms with E-state index in [4.69, 9.17) is 4.42 Å². The zero-order valence-corrected chi connectivity index (χ0v) is 11.1. The average Bonchev–Trinajstić information content (AvgIpc) is 3.05. The summed E-state index contributed by atoms with van der Waals surface area (Å²) in [5.41, 5.74) is 0.475. The lowest BCUT2D eigenvalue weighted by Gasteiger charge is -2.19. The highest BCUT2D eigenvalue weighted by atomic mass is 16.5. The molecule has 0 saturated heterocycles. The van der Waals surface area contributed by atoms with Gasteiger partial charge in [-0.05, 0) is 31.7 Å². The van der Waals surface area contributed by atoms with Gasteiger partial charge in [0.1, 0.15) is 12.0 Å². The van der Waals surface area contributed by atoms with Crippen molar-refractivity contribution < 1.29 is 13.9 Å². The number of furan rings is 1. The van der Waals surface area contributed by atoms with E-state index >= 15 is 0 Å². The Balaban J connectivity index is 1.82. The molecular formula is C14H21NO3. The summed E-state index contributed by atoms with van der Waals surface area (Å²) in [5, 5.41) is 3.47. The molecule has 4 heteroatoms. The Bertz CT molecular complexity index is 393. The first-order valence-electron chi connectivity index (χ1n) is 6.60. The number of hydrogen-bond acceptors (Lipinski definition) is 4. The molecule has 1 saturated carbocycles. The predicted molar refractivity (Wildman–Crippen MR) is 68.3 cm³/mol. The van der Waals surface area contributed by atoms with Crippen LogP contribution in [-0.2, 0) is 11.3 Å². The summed E-state index contributed by atoms with van der Waals surface area (Å²) in [6.07, 6.45) is 6.79. The first-order valence-corrected chi connectivity index (χ1v) is 6.60. The van der Waals surface area contributed by atoms with E-state index in [1.807, 2.05) is 0 Å². The number of hydrogen-bond donors (Lipinski definition) is 1. The van der Waals surface area contributed by atoms with E-state index in [-0.39, 0.29) is 5.97 Å². The lowest BCUT2D eigenvalue weighted by atomic mass is 10.00. The fraction of sp³-hybridized carbons (Fsp3) is 0.643. The molecule has 0 unspecified atom stereocenters. The number of esters is 1. The topological polar surface area (TPSA) is 51.5 Å². The van der Waals surface area contributed by atoms with Gasteiger partial charge in [-0.25, -0.2) is 4.79 Å². The molecule has 1 aliphatic carbocycles. The molecule has 18 heavy (non-hydrogen) atoms. The standard InChI is InChI=1S/C14H21NO3/c1-10(11-5-3-4-6-11)15-8-13-7-12(9-18-13)14(16)17-2/h7,9-11,15H,3-6,8H2,1-2H3/t10-/m1/s1. The van der Waals surface area contributed by atoms with E-state index in [0.717, 1.165) is 11.7 Å². The Labute approximate surface area is 108 Å². The average molecular weight is 251 g/mol. The Kier molecular flexibility index (Phi) is 4.42. The quantitative estimate of drug-likeness (QED) is 0.817. The smallest absolute Gasteiger partial charge is 0.341 e. The number of nitrogens with one attached hydrogen (secondary N) is 1. The van der Waals surface area contributed by atoms with Gasteiger partial charge >= 0.3 is 5.97 Å². The van der Waals surface area contributed by atoms with Gasteiger partial charge in [0.05, 0.1) is 19.2 Å². The SMILES string of the molecule is COC(=O)c1coc(CN[C@H](C)C2CCCC2)c1. The molecule has 1 aromatic rings. The van der Waals surface area contributed by atoms with Gasteiger partial charge < -0.3 is 14.5 Å². The van der Waals surface area contributed by atoms with Crippen molar-refractivity contribution in [2.75, 3.05) is 7.11 Å². The van der Waals surface area contributed by atoms with Crippen molar-refractivity contribution in [3.63, 3.8) is 0 Å². The van der Waals surface area contributed by atoms with Crippen molar-refractivity contribution in [3.8, 4) is 0 Å². The molecule has 0 amide bonds. The molecule has 0 spiro atoms. The highest BCUT2D eigenvalue weighted by Crippen LogP contribution is 2.27. The van der Waals surface area contributed by atoms with Crippen LogP contribution in [0.1, 0.15) is 48.7 Å². The molecule has 1 fully saturated rings. The Hall–Kier alpha value is -1.29. The molecule has 0 bridgehead atoms. The van der Waals surface area contributed by atoms with Crippen molar-refractivity contribution in [1.29, 1.82) is 0 Å². The maximum Gasteiger partial charge on any atom is 0.341 e. The molecule has 0 aliphatic heterocycles. The molecular weight excluding hydrogens is 230 g/mol. The Morgan fingerprint density at radius 3 is 2.94 bits per heavy atom. The molecule has 1 heterocycles.